The Morgan fingerprint density at radius 2 is 2.08 bits per heavy atom. The second-order valence-electron chi connectivity index (χ2n) is 6.92. The van der Waals surface area contributed by atoms with Gasteiger partial charge in [0.25, 0.3) is 0 Å². The van der Waals surface area contributed by atoms with Crippen molar-refractivity contribution < 1.29 is 9.47 Å². The van der Waals surface area contributed by atoms with Crippen LogP contribution in [0.15, 0.2) is 42.7 Å². The molecule has 25 heavy (non-hydrogen) atoms. The Hall–Kier alpha value is -2.18. The summed E-state index contributed by atoms with van der Waals surface area (Å²) in [5.41, 5.74) is 1.28. The molecule has 4 rings (SSSR count). The van der Waals surface area contributed by atoms with E-state index in [4.69, 9.17) is 9.47 Å². The maximum Gasteiger partial charge on any atom is 0.222 e. The van der Waals surface area contributed by atoms with Crippen molar-refractivity contribution >= 4 is 5.95 Å². The van der Waals surface area contributed by atoms with Crippen LogP contribution in [-0.2, 0) is 11.3 Å². The van der Waals surface area contributed by atoms with Crippen LogP contribution in [0.1, 0.15) is 18.4 Å². The van der Waals surface area contributed by atoms with Gasteiger partial charge in [-0.25, -0.2) is 9.97 Å². The molecule has 0 bridgehead atoms. The van der Waals surface area contributed by atoms with E-state index in [2.05, 4.69) is 32.3 Å². The zero-order valence-electron chi connectivity index (χ0n) is 14.5. The van der Waals surface area contributed by atoms with Crippen LogP contribution < -0.4 is 10.1 Å². The maximum atomic E-state index is 6.21. The summed E-state index contributed by atoms with van der Waals surface area (Å²) in [7, 11) is 1.70. The molecule has 2 aromatic rings. The van der Waals surface area contributed by atoms with Gasteiger partial charge < -0.3 is 14.8 Å². The third-order valence-corrected chi connectivity index (χ3v) is 5.07. The minimum atomic E-state index is -0.0289. The van der Waals surface area contributed by atoms with Crippen molar-refractivity contribution in [3.63, 3.8) is 0 Å². The molecule has 0 radical (unpaired) electrons. The number of nitrogens with one attached hydrogen (secondary N) is 1. The molecule has 1 N–H and O–H groups in total. The van der Waals surface area contributed by atoms with Crippen LogP contribution in [0.2, 0.25) is 0 Å². The maximum absolute atomic E-state index is 6.21. The van der Waals surface area contributed by atoms with Gasteiger partial charge in [0.1, 0.15) is 5.75 Å². The number of likely N-dealkylation sites (tertiary alicyclic amines) is 1. The molecule has 0 aliphatic carbocycles. The van der Waals surface area contributed by atoms with E-state index in [-0.39, 0.29) is 11.6 Å². The normalized spacial score (nSPS) is 26.2. The summed E-state index contributed by atoms with van der Waals surface area (Å²) in [6, 6.07) is 10.4. The average Bonchev–Trinajstić information content (AvgIpc) is 3.23. The van der Waals surface area contributed by atoms with E-state index in [0.29, 0.717) is 12.6 Å². The minimum Gasteiger partial charge on any atom is -0.497 e. The van der Waals surface area contributed by atoms with Crippen molar-refractivity contribution in [1.29, 1.82) is 0 Å². The van der Waals surface area contributed by atoms with Crippen LogP contribution >= 0.6 is 0 Å². The predicted molar refractivity (Wildman–Crippen MR) is 95.6 cm³/mol. The molecule has 2 aliphatic heterocycles. The lowest BCUT2D eigenvalue weighted by molar-refractivity contribution is 0.0120. The summed E-state index contributed by atoms with van der Waals surface area (Å²) >= 11 is 0. The number of aromatic nitrogens is 2. The van der Waals surface area contributed by atoms with Gasteiger partial charge in [-0.15, -0.1) is 0 Å². The molecule has 2 fully saturated rings. The lowest BCUT2D eigenvalue weighted by Crippen LogP contribution is -2.33. The number of methoxy groups -OCH3 is 1. The summed E-state index contributed by atoms with van der Waals surface area (Å²) in [6.07, 6.45) is 5.60. The molecule has 1 aromatic heterocycles. The van der Waals surface area contributed by atoms with E-state index in [0.717, 1.165) is 38.2 Å². The topological polar surface area (TPSA) is 59.5 Å². The first-order chi connectivity index (χ1) is 12.2. The van der Waals surface area contributed by atoms with E-state index >= 15 is 0 Å². The largest absolute Gasteiger partial charge is 0.497 e. The summed E-state index contributed by atoms with van der Waals surface area (Å²) < 4.78 is 11.4. The first-order valence-corrected chi connectivity index (χ1v) is 8.77. The van der Waals surface area contributed by atoms with Crippen molar-refractivity contribution in [3.05, 3.63) is 48.3 Å². The summed E-state index contributed by atoms with van der Waals surface area (Å²) in [5, 5.41) is 3.39. The third-order valence-electron chi connectivity index (χ3n) is 5.07. The number of hydrogen-bond donors (Lipinski definition) is 1. The molecular weight excluding hydrogens is 316 g/mol. The van der Waals surface area contributed by atoms with Crippen LogP contribution in [0.4, 0.5) is 5.95 Å². The number of rotatable bonds is 5. The molecule has 2 aliphatic rings. The van der Waals surface area contributed by atoms with E-state index in [9.17, 15) is 0 Å². The highest BCUT2D eigenvalue weighted by Crippen LogP contribution is 2.36. The minimum absolute atomic E-state index is 0.0289. The highest BCUT2D eigenvalue weighted by Gasteiger charge is 2.45. The number of benzene rings is 1. The molecule has 6 heteroatoms. The molecular formula is C19H24N4O2. The molecule has 0 unspecified atom stereocenters. The zero-order chi connectivity index (χ0) is 17.1. The first-order valence-electron chi connectivity index (χ1n) is 8.77. The van der Waals surface area contributed by atoms with E-state index in [1.54, 1.807) is 19.5 Å². The average molecular weight is 340 g/mol. The highest BCUT2D eigenvalue weighted by molar-refractivity contribution is 5.28. The van der Waals surface area contributed by atoms with Gasteiger partial charge in [0, 0.05) is 38.4 Å². The first kappa shape index (κ1) is 16.3. The summed E-state index contributed by atoms with van der Waals surface area (Å²) in [4.78, 5) is 11.0. The molecule has 2 saturated heterocycles. The van der Waals surface area contributed by atoms with Gasteiger partial charge in [-0.1, -0.05) is 12.1 Å². The fourth-order valence-corrected chi connectivity index (χ4v) is 3.83. The van der Waals surface area contributed by atoms with Crippen LogP contribution in [0.25, 0.3) is 0 Å². The van der Waals surface area contributed by atoms with E-state index in [1.807, 2.05) is 18.2 Å². The number of nitrogens with zero attached hydrogens (tertiary/aromatic N) is 3. The van der Waals surface area contributed by atoms with Crippen molar-refractivity contribution in [2.75, 3.05) is 32.1 Å². The molecule has 1 spiro atoms. The van der Waals surface area contributed by atoms with E-state index < -0.39 is 0 Å². The van der Waals surface area contributed by atoms with Crippen molar-refractivity contribution in [2.24, 2.45) is 0 Å². The number of hydrogen-bond acceptors (Lipinski definition) is 6. The van der Waals surface area contributed by atoms with Crippen LogP contribution in [0.5, 0.6) is 5.75 Å². The fourth-order valence-electron chi connectivity index (χ4n) is 3.83. The predicted octanol–water partition coefficient (Wildman–Crippen LogP) is 2.33. The van der Waals surface area contributed by atoms with Crippen molar-refractivity contribution in [1.82, 2.24) is 14.9 Å². The molecule has 1 aromatic carbocycles. The smallest absolute Gasteiger partial charge is 0.222 e. The Kier molecular flexibility index (Phi) is 4.55. The summed E-state index contributed by atoms with van der Waals surface area (Å²) in [5.74, 6) is 1.58. The highest BCUT2D eigenvalue weighted by atomic mass is 16.5. The van der Waals surface area contributed by atoms with Crippen molar-refractivity contribution in [2.45, 2.75) is 31.0 Å². The van der Waals surface area contributed by atoms with Crippen molar-refractivity contribution in [3.8, 4) is 5.75 Å². The Bertz CT molecular complexity index is 694. The quantitative estimate of drug-likeness (QED) is 0.901. The van der Waals surface area contributed by atoms with Gasteiger partial charge >= 0.3 is 0 Å². The molecule has 0 saturated carbocycles. The fraction of sp³-hybridized carbons (Fsp3) is 0.474. The van der Waals surface area contributed by atoms with Crippen LogP contribution in [0.3, 0.4) is 0 Å². The molecule has 132 valence electrons. The lowest BCUT2D eigenvalue weighted by atomic mass is 9.97. The SMILES string of the molecule is COc1ccc(CN2CC[C@@]3(C[C@H](Nc4ncccn4)CO3)C2)cc1. The lowest BCUT2D eigenvalue weighted by Gasteiger charge is -2.23. The monoisotopic (exact) mass is 340 g/mol. The van der Waals surface area contributed by atoms with Gasteiger partial charge in [0.05, 0.1) is 25.4 Å². The zero-order valence-corrected chi connectivity index (χ0v) is 14.5. The second-order valence-corrected chi connectivity index (χ2v) is 6.92. The standard InChI is InChI=1S/C19H24N4O2/c1-24-17-5-3-15(4-6-17)12-23-10-7-19(14-23)11-16(13-25-19)22-18-20-8-2-9-21-18/h2-6,8-9,16H,7,10-14H2,1H3,(H,20,21,22)/t16-,19+/m0/s1. The molecule has 2 atom stereocenters. The van der Waals surface area contributed by atoms with Gasteiger partial charge in [-0.2, -0.15) is 0 Å². The Labute approximate surface area is 148 Å². The van der Waals surface area contributed by atoms with Gasteiger partial charge in [0.2, 0.25) is 5.95 Å². The molecule has 3 heterocycles. The van der Waals surface area contributed by atoms with E-state index in [1.165, 1.54) is 5.56 Å². The van der Waals surface area contributed by atoms with Crippen LogP contribution in [-0.4, -0.2) is 53.3 Å². The second kappa shape index (κ2) is 6.98. The number of anilines is 1. The Morgan fingerprint density at radius 3 is 2.84 bits per heavy atom. The van der Waals surface area contributed by atoms with Gasteiger partial charge in [-0.05, 0) is 30.2 Å². The molecule has 6 nitrogen and oxygen atoms in total. The number of ether oxygens (including phenoxy) is 2. The summed E-state index contributed by atoms with van der Waals surface area (Å²) in [6.45, 7) is 3.72. The Balaban J connectivity index is 1.32. The van der Waals surface area contributed by atoms with Crippen LogP contribution in [0, 0.1) is 0 Å². The third kappa shape index (κ3) is 3.75. The van der Waals surface area contributed by atoms with Gasteiger partial charge in [-0.3, -0.25) is 4.90 Å². The molecule has 0 amide bonds. The van der Waals surface area contributed by atoms with Gasteiger partial charge in [0.15, 0.2) is 0 Å². The Morgan fingerprint density at radius 1 is 1.28 bits per heavy atom.